The Morgan fingerprint density at radius 2 is 1.43 bits per heavy atom. The average Bonchev–Trinajstić information content (AvgIpc) is 3.14. The highest BCUT2D eigenvalue weighted by Gasteiger charge is 2.77. The van der Waals surface area contributed by atoms with Crippen LogP contribution in [-0.2, 0) is 23.7 Å². The minimum Gasteiger partial charge on any atom is -0.396 e. The van der Waals surface area contributed by atoms with Crippen LogP contribution in [0.5, 0.6) is 0 Å². The van der Waals surface area contributed by atoms with Crippen LogP contribution in [0.2, 0.25) is 0 Å². The second-order valence-electron chi connectivity index (χ2n) is 21.4. The highest BCUT2D eigenvalue weighted by Crippen LogP contribution is 2.80. The van der Waals surface area contributed by atoms with Crippen molar-refractivity contribution in [2.24, 2.45) is 55.7 Å². The van der Waals surface area contributed by atoms with Crippen molar-refractivity contribution in [1.29, 1.82) is 0 Å². The van der Waals surface area contributed by atoms with Crippen molar-refractivity contribution in [3.8, 4) is 0 Å². The Kier molecular flexibility index (Phi) is 10.4. The Morgan fingerprint density at radius 1 is 0.714 bits per heavy atom. The number of aliphatic hydroxyl groups is 8. The molecule has 0 amide bonds. The molecular weight excluding hydrogens is 724 g/mol. The van der Waals surface area contributed by atoms with Gasteiger partial charge in [0.1, 0.15) is 42.7 Å². The molecule has 8 N–H and O–H groups in total. The molecule has 3 heterocycles. The average molecular weight is 795 g/mol. The summed E-state index contributed by atoms with van der Waals surface area (Å²) in [6, 6.07) is 0. The molecule has 21 atom stereocenters. The minimum absolute atomic E-state index is 0.0489. The lowest BCUT2D eigenvalue weighted by molar-refractivity contribution is -0.368. The van der Waals surface area contributed by atoms with E-state index in [2.05, 4.69) is 53.7 Å². The quantitative estimate of drug-likeness (QED) is 0.143. The van der Waals surface area contributed by atoms with Gasteiger partial charge >= 0.3 is 0 Å². The molecule has 0 radical (unpaired) electrons. The van der Waals surface area contributed by atoms with Crippen LogP contribution in [0.4, 0.5) is 0 Å². The van der Waals surface area contributed by atoms with E-state index in [1.807, 2.05) is 0 Å². The van der Waals surface area contributed by atoms with Crippen molar-refractivity contribution in [3.63, 3.8) is 0 Å². The summed E-state index contributed by atoms with van der Waals surface area (Å²) in [7, 11) is 0. The van der Waals surface area contributed by atoms with Crippen LogP contribution in [0.25, 0.3) is 0 Å². The first-order valence-electron chi connectivity index (χ1n) is 21.4. The molecule has 0 aromatic heterocycles. The molecule has 0 aromatic rings. The lowest BCUT2D eigenvalue weighted by atomic mass is 9.28. The number of hydrogen-bond donors (Lipinski definition) is 8. The molecule has 7 fully saturated rings. The van der Waals surface area contributed by atoms with Crippen LogP contribution in [0.15, 0.2) is 12.2 Å². The normalized spacial score (nSPS) is 59.0. The van der Waals surface area contributed by atoms with Crippen molar-refractivity contribution < 1.29 is 64.5 Å². The molecule has 8 rings (SSSR count). The third-order valence-electron chi connectivity index (χ3n) is 18.4. The molecule has 0 aromatic carbocycles. The van der Waals surface area contributed by atoms with Crippen LogP contribution in [0, 0.1) is 55.7 Å². The maximum absolute atomic E-state index is 12.3. The van der Waals surface area contributed by atoms with Crippen molar-refractivity contribution in [1.82, 2.24) is 0 Å². The number of fused-ring (bicyclic) bond motifs is 4. The van der Waals surface area contributed by atoms with Gasteiger partial charge in [0.15, 0.2) is 12.6 Å². The number of hydrogen-bond acceptors (Lipinski definition) is 13. The molecule has 0 unspecified atom stereocenters. The van der Waals surface area contributed by atoms with E-state index in [9.17, 15) is 40.9 Å². The maximum atomic E-state index is 12.3. The molecule has 3 saturated heterocycles. The Labute approximate surface area is 331 Å². The molecule has 13 nitrogen and oxygen atoms in total. The first-order chi connectivity index (χ1) is 26.2. The predicted molar refractivity (Wildman–Crippen MR) is 201 cm³/mol. The number of aliphatic hydroxyl groups excluding tert-OH is 8. The summed E-state index contributed by atoms with van der Waals surface area (Å²) in [6.45, 7) is 16.3. The fourth-order valence-corrected chi connectivity index (χ4v) is 14.7. The molecule has 320 valence electrons. The van der Waals surface area contributed by atoms with E-state index in [4.69, 9.17) is 23.7 Å². The van der Waals surface area contributed by atoms with E-state index >= 15 is 0 Å². The van der Waals surface area contributed by atoms with Gasteiger partial charge in [-0.3, -0.25) is 0 Å². The fraction of sp³-hybridized carbons (Fsp3) is 0.953. The number of ether oxygens (including phenoxy) is 5. The maximum Gasteiger partial charge on any atom is 0.187 e. The third-order valence-corrected chi connectivity index (χ3v) is 18.4. The van der Waals surface area contributed by atoms with Crippen molar-refractivity contribution in [3.05, 3.63) is 12.2 Å². The summed E-state index contributed by atoms with van der Waals surface area (Å²) < 4.78 is 30.7. The Balaban J connectivity index is 1.06. The minimum atomic E-state index is -1.72. The summed E-state index contributed by atoms with van der Waals surface area (Å²) in [5, 5.41) is 87.2. The van der Waals surface area contributed by atoms with Crippen molar-refractivity contribution >= 4 is 0 Å². The van der Waals surface area contributed by atoms with Gasteiger partial charge in [0.25, 0.3) is 0 Å². The monoisotopic (exact) mass is 794 g/mol. The van der Waals surface area contributed by atoms with Crippen LogP contribution < -0.4 is 0 Å². The van der Waals surface area contributed by atoms with Gasteiger partial charge in [0.2, 0.25) is 0 Å². The fourth-order valence-electron chi connectivity index (χ4n) is 14.7. The summed E-state index contributed by atoms with van der Waals surface area (Å²) in [5.74, 6) is 0.564. The Hall–Kier alpha value is -0.780. The SMILES string of the molecule is C[C@H]1O[C@@H](O[C@H]2CC[C@@]3(C)[C@@H](CC[C@]4(C)[C@@H]3C=C[C@]35COC[C@@]6(CCC(C)(C)C[C@H]63)[C@H](O)C[C@]54C)[C@]2(C)CO)[C@H](O)[C@@H](O[C@@H]2O[C@H](CO)[C@@H](O)[C@H](O)[C@H]2O)[C@H]1O. The highest BCUT2D eigenvalue weighted by molar-refractivity contribution is 5.33. The first-order valence-corrected chi connectivity index (χ1v) is 21.4. The molecule has 8 aliphatic rings. The van der Waals surface area contributed by atoms with Crippen molar-refractivity contribution in [2.75, 3.05) is 26.4 Å². The molecule has 2 bridgehead atoms. The van der Waals surface area contributed by atoms with Crippen LogP contribution >= 0.6 is 0 Å². The second-order valence-corrected chi connectivity index (χ2v) is 21.4. The van der Waals surface area contributed by atoms with Crippen molar-refractivity contribution in [2.45, 2.75) is 173 Å². The van der Waals surface area contributed by atoms with Gasteiger partial charge in [0.05, 0.1) is 44.7 Å². The zero-order valence-corrected chi connectivity index (χ0v) is 34.4. The van der Waals surface area contributed by atoms with E-state index in [-0.39, 0.29) is 50.9 Å². The third kappa shape index (κ3) is 5.58. The highest BCUT2D eigenvalue weighted by atomic mass is 16.7. The van der Waals surface area contributed by atoms with Crippen LogP contribution in [-0.4, -0.2) is 141 Å². The van der Waals surface area contributed by atoms with Crippen LogP contribution in [0.1, 0.15) is 99.8 Å². The first kappa shape index (κ1) is 41.9. The lowest BCUT2D eigenvalue weighted by Gasteiger charge is -2.77. The van der Waals surface area contributed by atoms with E-state index in [0.29, 0.717) is 25.6 Å². The molecule has 4 saturated carbocycles. The van der Waals surface area contributed by atoms with Gasteiger partial charge < -0.3 is 64.5 Å². The van der Waals surface area contributed by atoms with E-state index in [0.717, 1.165) is 44.9 Å². The molecule has 5 aliphatic carbocycles. The molecule has 1 spiro atoms. The Morgan fingerprint density at radius 3 is 2.12 bits per heavy atom. The summed E-state index contributed by atoms with van der Waals surface area (Å²) in [6.07, 6.45) is -3.06. The lowest BCUT2D eigenvalue weighted by Crippen LogP contribution is -2.75. The van der Waals surface area contributed by atoms with E-state index in [1.54, 1.807) is 6.92 Å². The zero-order valence-electron chi connectivity index (χ0n) is 34.4. The summed E-state index contributed by atoms with van der Waals surface area (Å²) >= 11 is 0. The largest absolute Gasteiger partial charge is 0.396 e. The molecule has 56 heavy (non-hydrogen) atoms. The van der Waals surface area contributed by atoms with Gasteiger partial charge in [-0.05, 0) is 97.7 Å². The topological polar surface area (TPSA) is 208 Å². The zero-order chi connectivity index (χ0) is 40.6. The predicted octanol–water partition coefficient (Wildman–Crippen LogP) is 2.02. The standard InChI is InChI=1S/C43H70O13/c1-22-29(47)34(56-35-32(50)31(49)30(48)23(18-44)54-35)33(51)36(53-22)55-28-10-11-38(4)24(39(28,5)19-45)8-12-40(6)25(38)9-13-43-21-52-20-42(27(46)17-41(40,43)7)15-14-37(2,3)16-26(42)43/h9,13,22-36,44-51H,8,10-12,14-21H2,1-7H3/t22-,23-,24-,25-,26-,27-,28+,29+,30-,31+,32-,33-,34+,35+,36+,38+,39+,40-,41+,42-,43+/m1/s1. The summed E-state index contributed by atoms with van der Waals surface area (Å²) in [5.41, 5.74) is -1.50. The van der Waals surface area contributed by atoms with Gasteiger partial charge in [0, 0.05) is 16.2 Å². The van der Waals surface area contributed by atoms with E-state index in [1.165, 1.54) is 0 Å². The summed E-state index contributed by atoms with van der Waals surface area (Å²) in [4.78, 5) is 0. The number of allylic oxidation sites excluding steroid dienone is 1. The number of rotatable bonds is 6. The van der Waals surface area contributed by atoms with Gasteiger partial charge in [-0.15, -0.1) is 0 Å². The molecular formula is C43H70O13. The van der Waals surface area contributed by atoms with Gasteiger partial charge in [-0.2, -0.15) is 0 Å². The Bertz CT molecular complexity index is 1510. The molecule has 3 aliphatic heterocycles. The van der Waals surface area contributed by atoms with Gasteiger partial charge in [-0.1, -0.05) is 53.7 Å². The van der Waals surface area contributed by atoms with E-state index < -0.39 is 85.6 Å². The smallest absolute Gasteiger partial charge is 0.187 e. The second kappa shape index (κ2) is 13.9. The van der Waals surface area contributed by atoms with Crippen LogP contribution in [0.3, 0.4) is 0 Å². The molecule has 13 heteroatoms. The van der Waals surface area contributed by atoms with Gasteiger partial charge in [-0.25, -0.2) is 0 Å².